The highest BCUT2D eigenvalue weighted by Crippen LogP contribution is 2.33. The van der Waals surface area contributed by atoms with Crippen LogP contribution in [0.25, 0.3) is 0 Å². The van der Waals surface area contributed by atoms with Gasteiger partial charge in [0.15, 0.2) is 5.82 Å². The lowest BCUT2D eigenvalue weighted by Gasteiger charge is -2.19. The highest BCUT2D eigenvalue weighted by atomic mass is 19.3. The summed E-state index contributed by atoms with van der Waals surface area (Å²) in [7, 11) is 0. The number of hydrogen-bond donors (Lipinski definition) is 1. The summed E-state index contributed by atoms with van der Waals surface area (Å²) in [5.41, 5.74) is 7.17. The summed E-state index contributed by atoms with van der Waals surface area (Å²) in [5.74, 6) is -2.13. The molecule has 1 aromatic rings. The zero-order chi connectivity index (χ0) is 15.1. The Labute approximate surface area is 114 Å². The number of aryl methyl sites for hydroxylation is 1. The molecule has 19 heavy (non-hydrogen) atoms. The van der Waals surface area contributed by atoms with Crippen molar-refractivity contribution in [2.24, 2.45) is 0 Å². The van der Waals surface area contributed by atoms with Crippen LogP contribution in [0, 0.1) is 6.92 Å². The SMILES string of the molecule is CC.CC.Cc1ccnc(N2CCC(F)(F)C2)c1N. The van der Waals surface area contributed by atoms with Crippen LogP contribution in [-0.4, -0.2) is 24.0 Å². The number of rotatable bonds is 1. The average Bonchev–Trinajstić information content (AvgIpc) is 2.78. The minimum absolute atomic E-state index is 0.123. The van der Waals surface area contributed by atoms with Crippen molar-refractivity contribution in [3.05, 3.63) is 17.8 Å². The molecule has 0 bridgehead atoms. The number of alkyl halides is 2. The molecule has 1 fully saturated rings. The molecule has 0 atom stereocenters. The molecule has 0 spiro atoms. The minimum Gasteiger partial charge on any atom is -0.396 e. The summed E-state index contributed by atoms with van der Waals surface area (Å²) < 4.78 is 26.0. The Morgan fingerprint density at radius 2 is 1.84 bits per heavy atom. The van der Waals surface area contributed by atoms with Gasteiger partial charge < -0.3 is 10.6 Å². The third-order valence-electron chi connectivity index (χ3n) is 2.66. The molecule has 0 aromatic carbocycles. The van der Waals surface area contributed by atoms with Crippen molar-refractivity contribution in [3.63, 3.8) is 0 Å². The van der Waals surface area contributed by atoms with E-state index >= 15 is 0 Å². The second-order valence-corrected chi connectivity index (χ2v) is 3.89. The van der Waals surface area contributed by atoms with E-state index in [-0.39, 0.29) is 13.0 Å². The van der Waals surface area contributed by atoms with E-state index in [1.807, 2.05) is 34.6 Å². The molecule has 2 N–H and O–H groups in total. The monoisotopic (exact) mass is 273 g/mol. The molecule has 0 unspecified atom stereocenters. The third kappa shape index (κ3) is 4.65. The summed E-state index contributed by atoms with van der Waals surface area (Å²) in [6, 6.07) is 1.77. The molecule has 0 amide bonds. The summed E-state index contributed by atoms with van der Waals surface area (Å²) in [4.78, 5) is 5.60. The van der Waals surface area contributed by atoms with Gasteiger partial charge in [0.25, 0.3) is 5.92 Å². The Balaban J connectivity index is 0.000000741. The van der Waals surface area contributed by atoms with Gasteiger partial charge in [0, 0.05) is 19.2 Å². The topological polar surface area (TPSA) is 42.2 Å². The van der Waals surface area contributed by atoms with E-state index in [4.69, 9.17) is 5.73 Å². The molecule has 2 rings (SSSR count). The van der Waals surface area contributed by atoms with Gasteiger partial charge in [-0.25, -0.2) is 13.8 Å². The van der Waals surface area contributed by atoms with Crippen LogP contribution in [0.5, 0.6) is 0 Å². The van der Waals surface area contributed by atoms with Gasteiger partial charge in [-0.15, -0.1) is 0 Å². The van der Waals surface area contributed by atoms with Gasteiger partial charge in [-0.1, -0.05) is 27.7 Å². The predicted molar refractivity (Wildman–Crippen MR) is 77.9 cm³/mol. The highest BCUT2D eigenvalue weighted by Gasteiger charge is 2.39. The van der Waals surface area contributed by atoms with Gasteiger partial charge in [-0.2, -0.15) is 0 Å². The molecular formula is C14H25F2N3. The largest absolute Gasteiger partial charge is 0.396 e. The predicted octanol–water partition coefficient (Wildman–Crippen LogP) is 3.87. The number of halogens is 2. The van der Waals surface area contributed by atoms with Crippen molar-refractivity contribution in [2.75, 3.05) is 23.7 Å². The molecule has 1 aromatic heterocycles. The summed E-state index contributed by atoms with van der Waals surface area (Å²) in [6.07, 6.45) is 1.47. The number of nitrogen functional groups attached to an aromatic ring is 1. The van der Waals surface area contributed by atoms with E-state index in [0.717, 1.165) is 5.56 Å². The number of nitrogens with zero attached hydrogens (tertiary/aromatic N) is 2. The molecule has 1 aliphatic heterocycles. The van der Waals surface area contributed by atoms with Crippen molar-refractivity contribution in [3.8, 4) is 0 Å². The number of pyridine rings is 1. The molecule has 1 aliphatic rings. The zero-order valence-electron chi connectivity index (χ0n) is 12.5. The van der Waals surface area contributed by atoms with Crippen LogP contribution in [0.1, 0.15) is 39.7 Å². The smallest absolute Gasteiger partial charge is 0.266 e. The fourth-order valence-corrected chi connectivity index (χ4v) is 1.72. The Kier molecular flexibility index (Phi) is 7.34. The first-order valence-corrected chi connectivity index (χ1v) is 6.83. The van der Waals surface area contributed by atoms with Crippen molar-refractivity contribution >= 4 is 11.5 Å². The van der Waals surface area contributed by atoms with Crippen molar-refractivity contribution in [1.82, 2.24) is 4.98 Å². The summed E-state index contributed by atoms with van der Waals surface area (Å²) in [5, 5.41) is 0. The van der Waals surface area contributed by atoms with Crippen LogP contribution in [0.4, 0.5) is 20.3 Å². The fourth-order valence-electron chi connectivity index (χ4n) is 1.72. The van der Waals surface area contributed by atoms with Crippen LogP contribution < -0.4 is 10.6 Å². The number of aromatic nitrogens is 1. The molecule has 0 aliphatic carbocycles. The van der Waals surface area contributed by atoms with E-state index < -0.39 is 5.92 Å². The van der Waals surface area contributed by atoms with Crippen LogP contribution in [0.2, 0.25) is 0 Å². The van der Waals surface area contributed by atoms with Crippen molar-refractivity contribution in [2.45, 2.75) is 47.0 Å². The molecule has 1 saturated heterocycles. The van der Waals surface area contributed by atoms with Crippen LogP contribution in [0.3, 0.4) is 0 Å². The van der Waals surface area contributed by atoms with Gasteiger partial charge >= 0.3 is 0 Å². The van der Waals surface area contributed by atoms with Crippen molar-refractivity contribution < 1.29 is 8.78 Å². The van der Waals surface area contributed by atoms with Crippen LogP contribution >= 0.6 is 0 Å². The second kappa shape index (κ2) is 7.92. The van der Waals surface area contributed by atoms with Gasteiger partial charge in [-0.05, 0) is 18.6 Å². The number of anilines is 2. The number of nitrogens with two attached hydrogens (primary N) is 1. The lowest BCUT2D eigenvalue weighted by molar-refractivity contribution is 0.0257. The molecule has 2 heterocycles. The first-order valence-electron chi connectivity index (χ1n) is 6.83. The van der Waals surface area contributed by atoms with Crippen molar-refractivity contribution in [1.29, 1.82) is 0 Å². The maximum atomic E-state index is 13.0. The first-order chi connectivity index (χ1) is 8.99. The normalized spacial score (nSPS) is 16.1. The summed E-state index contributed by atoms with van der Waals surface area (Å²) >= 11 is 0. The Morgan fingerprint density at radius 1 is 1.26 bits per heavy atom. The van der Waals surface area contributed by atoms with Gasteiger partial charge in [-0.3, -0.25) is 0 Å². The lowest BCUT2D eigenvalue weighted by Crippen LogP contribution is -2.26. The van der Waals surface area contributed by atoms with Gasteiger partial charge in [0.1, 0.15) is 0 Å². The molecule has 5 heteroatoms. The maximum Gasteiger partial charge on any atom is 0.266 e. The van der Waals surface area contributed by atoms with Gasteiger partial charge in [0.05, 0.1) is 12.2 Å². The molecule has 3 nitrogen and oxygen atoms in total. The molecule has 110 valence electrons. The second-order valence-electron chi connectivity index (χ2n) is 3.89. The zero-order valence-corrected chi connectivity index (χ0v) is 12.5. The molecule has 0 radical (unpaired) electrons. The Bertz CT molecular complexity index is 381. The average molecular weight is 273 g/mol. The van der Waals surface area contributed by atoms with E-state index in [1.54, 1.807) is 17.2 Å². The third-order valence-corrected chi connectivity index (χ3v) is 2.66. The van der Waals surface area contributed by atoms with Crippen LogP contribution in [-0.2, 0) is 0 Å². The first kappa shape index (κ1) is 17.6. The Hall–Kier alpha value is -1.39. The van der Waals surface area contributed by atoms with E-state index in [1.165, 1.54) is 0 Å². The molecule has 0 saturated carbocycles. The van der Waals surface area contributed by atoms with Crippen LogP contribution in [0.15, 0.2) is 12.3 Å². The minimum atomic E-state index is -2.61. The van der Waals surface area contributed by atoms with E-state index in [0.29, 0.717) is 18.1 Å². The highest BCUT2D eigenvalue weighted by molar-refractivity contribution is 5.66. The maximum absolute atomic E-state index is 13.0. The molecular weight excluding hydrogens is 248 g/mol. The fraction of sp³-hybridized carbons (Fsp3) is 0.643. The van der Waals surface area contributed by atoms with E-state index in [9.17, 15) is 8.78 Å². The van der Waals surface area contributed by atoms with Gasteiger partial charge in [0.2, 0.25) is 0 Å². The standard InChI is InChI=1S/C10H13F2N3.2C2H6/c1-7-2-4-14-9(8(7)13)15-5-3-10(11,12)6-15;2*1-2/h2,4H,3,5-6,13H2,1H3;2*1-2H3. The van der Waals surface area contributed by atoms with E-state index in [2.05, 4.69) is 4.98 Å². The summed E-state index contributed by atoms with van der Waals surface area (Å²) in [6.45, 7) is 9.87. The lowest BCUT2D eigenvalue weighted by atomic mass is 10.2. The quantitative estimate of drug-likeness (QED) is 0.844. The number of hydrogen-bond acceptors (Lipinski definition) is 3. The Morgan fingerprint density at radius 3 is 2.32 bits per heavy atom.